The summed E-state index contributed by atoms with van der Waals surface area (Å²) in [6, 6.07) is 5.24. The largest absolute Gasteiger partial charge is 0.444 e. The van der Waals surface area contributed by atoms with Crippen LogP contribution in [0.15, 0.2) is 43.0 Å². The van der Waals surface area contributed by atoms with Crippen LogP contribution in [0.5, 0.6) is 0 Å². The normalized spacial score (nSPS) is 10.9. The molecular formula is C22H32N4O5. The van der Waals surface area contributed by atoms with Gasteiger partial charge in [-0.1, -0.05) is 0 Å². The van der Waals surface area contributed by atoms with E-state index in [9.17, 15) is 9.59 Å². The van der Waals surface area contributed by atoms with Gasteiger partial charge in [0.1, 0.15) is 11.2 Å². The molecule has 2 heterocycles. The molecule has 9 nitrogen and oxygen atoms in total. The lowest BCUT2D eigenvalue weighted by Crippen LogP contribution is -2.27. The molecule has 2 rings (SSSR count). The average Bonchev–Trinajstić information content (AvgIpc) is 2.62. The van der Waals surface area contributed by atoms with Crippen LogP contribution in [0.4, 0.5) is 21.0 Å². The predicted octanol–water partition coefficient (Wildman–Crippen LogP) is 4.39. The predicted molar refractivity (Wildman–Crippen MR) is 119 cm³/mol. The van der Waals surface area contributed by atoms with Crippen molar-refractivity contribution in [3.05, 3.63) is 48.5 Å². The van der Waals surface area contributed by atoms with E-state index in [-0.39, 0.29) is 6.61 Å². The van der Waals surface area contributed by atoms with E-state index < -0.39 is 23.4 Å². The Balaban J connectivity index is 0.000000316. The van der Waals surface area contributed by atoms with Crippen molar-refractivity contribution in [2.24, 2.45) is 0 Å². The standard InChI is InChI=1S/C12H18N2O3.C10H14N2O2/c1-12(2,3)17-11(16)14-10-8-13-6-4-9(10)5-7-15;1-10(2,3)14-9(13)12-8-5-4-6-11-7-8/h4,6,8,15H,5,7H2,1-3H3,(H,14,16);4-7H,1-3H3,(H,12,13). The van der Waals surface area contributed by atoms with Gasteiger partial charge in [0.2, 0.25) is 0 Å². The number of aromatic nitrogens is 2. The van der Waals surface area contributed by atoms with E-state index in [1.54, 1.807) is 57.6 Å². The Kier molecular flexibility index (Phi) is 9.88. The van der Waals surface area contributed by atoms with Gasteiger partial charge in [-0.2, -0.15) is 0 Å². The maximum absolute atomic E-state index is 11.6. The maximum atomic E-state index is 11.6. The summed E-state index contributed by atoms with van der Waals surface area (Å²) in [5.41, 5.74) is 1.00. The van der Waals surface area contributed by atoms with Gasteiger partial charge in [-0.25, -0.2) is 9.59 Å². The zero-order valence-electron chi connectivity index (χ0n) is 18.9. The summed E-state index contributed by atoms with van der Waals surface area (Å²) < 4.78 is 10.2. The minimum absolute atomic E-state index is 0.0208. The molecule has 0 aliphatic heterocycles. The van der Waals surface area contributed by atoms with E-state index in [2.05, 4.69) is 20.6 Å². The Morgan fingerprint density at radius 1 is 0.903 bits per heavy atom. The number of hydrogen-bond acceptors (Lipinski definition) is 7. The van der Waals surface area contributed by atoms with Crippen LogP contribution in [0.2, 0.25) is 0 Å². The van der Waals surface area contributed by atoms with Crippen LogP contribution in [-0.4, -0.2) is 45.1 Å². The highest BCUT2D eigenvalue weighted by Crippen LogP contribution is 2.16. The number of carbonyl (C=O) groups excluding carboxylic acids is 2. The second-order valence-electron chi connectivity index (χ2n) is 8.50. The number of amides is 2. The topological polar surface area (TPSA) is 123 Å². The van der Waals surface area contributed by atoms with Gasteiger partial charge in [-0.05, 0) is 71.7 Å². The Morgan fingerprint density at radius 2 is 1.48 bits per heavy atom. The van der Waals surface area contributed by atoms with E-state index in [0.29, 0.717) is 17.8 Å². The Morgan fingerprint density at radius 3 is 2.00 bits per heavy atom. The molecule has 9 heteroatoms. The molecule has 3 N–H and O–H groups in total. The minimum Gasteiger partial charge on any atom is -0.444 e. The monoisotopic (exact) mass is 432 g/mol. The zero-order chi connectivity index (χ0) is 23.5. The second kappa shape index (κ2) is 11.8. The number of ether oxygens (including phenoxy) is 2. The molecule has 2 amide bonds. The molecule has 170 valence electrons. The molecule has 2 aromatic heterocycles. The molecule has 31 heavy (non-hydrogen) atoms. The molecule has 2 aromatic rings. The highest BCUT2D eigenvalue weighted by atomic mass is 16.6. The smallest absolute Gasteiger partial charge is 0.412 e. The summed E-state index contributed by atoms with van der Waals surface area (Å²) in [4.78, 5) is 30.6. The van der Waals surface area contributed by atoms with Crippen molar-refractivity contribution in [2.45, 2.75) is 59.2 Å². The molecule has 0 radical (unpaired) electrons. The van der Waals surface area contributed by atoms with Gasteiger partial charge in [-0.3, -0.25) is 20.6 Å². The Labute approximate surface area is 183 Å². The van der Waals surface area contributed by atoms with E-state index in [4.69, 9.17) is 14.6 Å². The molecule has 0 fully saturated rings. The van der Waals surface area contributed by atoms with Crippen molar-refractivity contribution < 1.29 is 24.2 Å². The summed E-state index contributed by atoms with van der Waals surface area (Å²) in [7, 11) is 0. The average molecular weight is 433 g/mol. The van der Waals surface area contributed by atoms with Crippen molar-refractivity contribution in [1.82, 2.24) is 9.97 Å². The fourth-order valence-electron chi connectivity index (χ4n) is 2.15. The molecule has 0 aromatic carbocycles. The van der Waals surface area contributed by atoms with Crippen LogP contribution in [-0.2, 0) is 15.9 Å². The quantitative estimate of drug-likeness (QED) is 0.655. The number of nitrogens with zero attached hydrogens (tertiary/aromatic N) is 2. The van der Waals surface area contributed by atoms with E-state index >= 15 is 0 Å². The summed E-state index contributed by atoms with van der Waals surface area (Å²) in [6.45, 7) is 10.9. The third kappa shape index (κ3) is 12.2. The molecule has 0 bridgehead atoms. The van der Waals surface area contributed by atoms with E-state index in [1.165, 1.54) is 6.20 Å². The molecule has 0 saturated carbocycles. The Hall–Kier alpha value is -3.20. The second-order valence-corrected chi connectivity index (χ2v) is 8.50. The molecule has 0 saturated heterocycles. The molecule has 0 atom stereocenters. The number of aliphatic hydroxyl groups excluding tert-OH is 1. The fraction of sp³-hybridized carbons (Fsp3) is 0.455. The highest BCUT2D eigenvalue weighted by Gasteiger charge is 2.17. The lowest BCUT2D eigenvalue weighted by Gasteiger charge is -2.20. The first-order chi connectivity index (χ1) is 14.4. The van der Waals surface area contributed by atoms with E-state index in [0.717, 1.165) is 5.56 Å². The first-order valence-corrected chi connectivity index (χ1v) is 9.83. The van der Waals surface area contributed by atoms with Gasteiger partial charge in [-0.15, -0.1) is 0 Å². The molecule has 0 aliphatic rings. The SMILES string of the molecule is CC(C)(C)OC(=O)Nc1cccnc1.CC(C)(C)OC(=O)Nc1cnccc1CCO. The summed E-state index contributed by atoms with van der Waals surface area (Å²) in [5, 5.41) is 14.1. The van der Waals surface area contributed by atoms with Crippen molar-refractivity contribution in [3.8, 4) is 0 Å². The number of rotatable bonds is 4. The first kappa shape index (κ1) is 25.8. The minimum atomic E-state index is -0.538. The molecule has 0 aliphatic carbocycles. The lowest BCUT2D eigenvalue weighted by molar-refractivity contribution is 0.0624. The van der Waals surface area contributed by atoms with Crippen molar-refractivity contribution >= 4 is 23.6 Å². The van der Waals surface area contributed by atoms with E-state index in [1.807, 2.05) is 20.8 Å². The van der Waals surface area contributed by atoms with Crippen LogP contribution < -0.4 is 10.6 Å². The van der Waals surface area contributed by atoms with Crippen molar-refractivity contribution in [1.29, 1.82) is 0 Å². The first-order valence-electron chi connectivity index (χ1n) is 9.83. The Bertz CT molecular complexity index is 830. The molecule has 0 unspecified atom stereocenters. The van der Waals surface area contributed by atoms with Gasteiger partial charge >= 0.3 is 12.2 Å². The summed E-state index contributed by atoms with van der Waals surface area (Å²) in [6.07, 6.45) is 5.83. The lowest BCUT2D eigenvalue weighted by atomic mass is 10.1. The van der Waals surface area contributed by atoms with Crippen LogP contribution in [0, 0.1) is 0 Å². The van der Waals surface area contributed by atoms with Gasteiger partial charge in [0, 0.05) is 19.0 Å². The zero-order valence-corrected chi connectivity index (χ0v) is 18.9. The number of pyridine rings is 2. The van der Waals surface area contributed by atoms with Crippen molar-refractivity contribution in [3.63, 3.8) is 0 Å². The maximum Gasteiger partial charge on any atom is 0.412 e. The number of hydrogen-bond donors (Lipinski definition) is 3. The number of carbonyl (C=O) groups is 2. The third-order valence-electron chi connectivity index (χ3n) is 3.23. The fourth-order valence-corrected chi connectivity index (χ4v) is 2.15. The highest BCUT2D eigenvalue weighted by molar-refractivity contribution is 5.85. The van der Waals surface area contributed by atoms with Gasteiger partial charge < -0.3 is 14.6 Å². The summed E-state index contributed by atoms with van der Waals surface area (Å²) >= 11 is 0. The number of anilines is 2. The number of nitrogens with one attached hydrogen (secondary N) is 2. The third-order valence-corrected chi connectivity index (χ3v) is 3.23. The number of aliphatic hydroxyl groups is 1. The van der Waals surface area contributed by atoms with Crippen molar-refractivity contribution in [2.75, 3.05) is 17.2 Å². The van der Waals surface area contributed by atoms with Crippen LogP contribution >= 0.6 is 0 Å². The van der Waals surface area contributed by atoms with Gasteiger partial charge in [0.05, 0.1) is 23.8 Å². The molecule has 0 spiro atoms. The molecular weight excluding hydrogens is 400 g/mol. The van der Waals surface area contributed by atoms with Gasteiger partial charge in [0.25, 0.3) is 0 Å². The van der Waals surface area contributed by atoms with Crippen LogP contribution in [0.1, 0.15) is 47.1 Å². The van der Waals surface area contributed by atoms with Gasteiger partial charge in [0.15, 0.2) is 0 Å². The van der Waals surface area contributed by atoms with Crippen LogP contribution in [0.25, 0.3) is 0 Å². The summed E-state index contributed by atoms with van der Waals surface area (Å²) in [5.74, 6) is 0. The van der Waals surface area contributed by atoms with Crippen LogP contribution in [0.3, 0.4) is 0 Å².